The van der Waals surface area contributed by atoms with Crippen LogP contribution in [0.25, 0.3) is 17.3 Å². The van der Waals surface area contributed by atoms with Crippen LogP contribution in [0.2, 0.25) is 0 Å². The van der Waals surface area contributed by atoms with Crippen LogP contribution in [0.5, 0.6) is 0 Å². The molecule has 0 aliphatic carbocycles. The van der Waals surface area contributed by atoms with Gasteiger partial charge in [-0.3, -0.25) is 0 Å². The van der Waals surface area contributed by atoms with Gasteiger partial charge in [-0.1, -0.05) is 23.9 Å². The number of halogens is 1. The van der Waals surface area contributed by atoms with E-state index in [1.54, 1.807) is 24.3 Å². The normalized spacial score (nSPS) is 10.1. The Bertz CT molecular complexity index is 462. The molecule has 0 N–H and O–H groups in total. The molecule has 0 radical (unpaired) electrons. The fraction of sp³-hybridized carbons (Fsp3) is 0. The summed E-state index contributed by atoms with van der Waals surface area (Å²) in [7, 11) is 0. The molecule has 0 saturated carbocycles. The largest absolute Gasteiger partial charge is 0.356 e. The van der Waals surface area contributed by atoms with E-state index in [0.29, 0.717) is 17.0 Å². The Kier molecular flexibility index (Phi) is 2.14. The minimum Gasteiger partial charge on any atom is -0.356 e. The monoisotopic (exact) mass is 189 g/mol. The Hall–Kier alpha value is -1.90. The summed E-state index contributed by atoms with van der Waals surface area (Å²) in [4.78, 5) is 0. The number of nitrogens with zero attached hydrogens (tertiary/aromatic N) is 1. The average Bonchev–Trinajstić information content (AvgIpc) is 2.67. The van der Waals surface area contributed by atoms with Gasteiger partial charge in [-0.05, 0) is 18.2 Å². The second-order valence-electron chi connectivity index (χ2n) is 2.80. The Morgan fingerprint density at radius 1 is 1.36 bits per heavy atom. The van der Waals surface area contributed by atoms with Crippen LogP contribution in [0.3, 0.4) is 0 Å². The van der Waals surface area contributed by atoms with E-state index < -0.39 is 0 Å². The van der Waals surface area contributed by atoms with Gasteiger partial charge in [0.25, 0.3) is 0 Å². The molecule has 2 nitrogen and oxygen atoms in total. The van der Waals surface area contributed by atoms with Gasteiger partial charge in [0.05, 0.1) is 0 Å². The van der Waals surface area contributed by atoms with Crippen molar-refractivity contribution in [2.75, 3.05) is 0 Å². The Morgan fingerprint density at radius 2 is 2.14 bits per heavy atom. The molecule has 1 aromatic heterocycles. The molecule has 2 aromatic rings. The molecule has 1 heterocycles. The van der Waals surface area contributed by atoms with Crippen LogP contribution < -0.4 is 0 Å². The van der Waals surface area contributed by atoms with E-state index in [0.717, 1.165) is 0 Å². The number of aromatic nitrogens is 1. The van der Waals surface area contributed by atoms with Crippen molar-refractivity contribution in [2.45, 2.75) is 0 Å². The van der Waals surface area contributed by atoms with Crippen LogP contribution in [-0.2, 0) is 0 Å². The summed E-state index contributed by atoms with van der Waals surface area (Å²) in [5, 5.41) is 3.73. The third-order valence-corrected chi connectivity index (χ3v) is 1.88. The van der Waals surface area contributed by atoms with Gasteiger partial charge < -0.3 is 4.52 Å². The summed E-state index contributed by atoms with van der Waals surface area (Å²) in [6.07, 6.45) is 1.53. The van der Waals surface area contributed by atoms with Crippen LogP contribution in [0.4, 0.5) is 4.39 Å². The molecule has 0 bridgehead atoms. The van der Waals surface area contributed by atoms with Gasteiger partial charge in [-0.15, -0.1) is 0 Å². The van der Waals surface area contributed by atoms with E-state index in [2.05, 4.69) is 11.7 Å². The maximum atomic E-state index is 13.3. The fourth-order valence-corrected chi connectivity index (χ4v) is 1.18. The van der Waals surface area contributed by atoms with Crippen molar-refractivity contribution >= 4 is 6.08 Å². The van der Waals surface area contributed by atoms with Gasteiger partial charge in [0.2, 0.25) is 0 Å². The topological polar surface area (TPSA) is 26.0 Å². The molecule has 14 heavy (non-hydrogen) atoms. The molecule has 0 amide bonds. The van der Waals surface area contributed by atoms with E-state index >= 15 is 0 Å². The molecule has 0 aliphatic rings. The molecule has 0 spiro atoms. The third kappa shape index (κ3) is 1.44. The van der Waals surface area contributed by atoms with Gasteiger partial charge >= 0.3 is 0 Å². The van der Waals surface area contributed by atoms with Crippen molar-refractivity contribution in [2.24, 2.45) is 0 Å². The van der Waals surface area contributed by atoms with E-state index in [1.807, 2.05) is 0 Å². The van der Waals surface area contributed by atoms with Gasteiger partial charge in [0.1, 0.15) is 11.5 Å². The first-order valence-corrected chi connectivity index (χ1v) is 4.15. The van der Waals surface area contributed by atoms with Crippen LogP contribution in [0, 0.1) is 5.82 Å². The number of hydrogen-bond donors (Lipinski definition) is 0. The van der Waals surface area contributed by atoms with Gasteiger partial charge in [-0.25, -0.2) is 4.39 Å². The minimum absolute atomic E-state index is 0.309. The van der Waals surface area contributed by atoms with Crippen molar-refractivity contribution in [3.8, 4) is 11.3 Å². The quantitative estimate of drug-likeness (QED) is 0.725. The predicted octanol–water partition coefficient (Wildman–Crippen LogP) is 3.12. The Balaban J connectivity index is 2.49. The van der Waals surface area contributed by atoms with Crippen molar-refractivity contribution in [3.63, 3.8) is 0 Å². The van der Waals surface area contributed by atoms with Gasteiger partial charge in [0, 0.05) is 11.6 Å². The maximum Gasteiger partial charge on any atom is 0.159 e. The van der Waals surface area contributed by atoms with Crippen molar-refractivity contribution in [1.29, 1.82) is 0 Å². The lowest BCUT2D eigenvalue weighted by molar-refractivity contribution is 0.415. The highest BCUT2D eigenvalue weighted by molar-refractivity contribution is 5.61. The third-order valence-electron chi connectivity index (χ3n) is 1.88. The second-order valence-corrected chi connectivity index (χ2v) is 2.80. The van der Waals surface area contributed by atoms with Gasteiger partial charge in [-0.2, -0.15) is 0 Å². The highest BCUT2D eigenvalue weighted by Crippen LogP contribution is 2.22. The molecule has 3 heteroatoms. The second kappa shape index (κ2) is 3.46. The number of hydrogen-bond acceptors (Lipinski definition) is 2. The molecule has 0 unspecified atom stereocenters. The summed E-state index contributed by atoms with van der Waals surface area (Å²) >= 11 is 0. The van der Waals surface area contributed by atoms with E-state index in [4.69, 9.17) is 4.52 Å². The van der Waals surface area contributed by atoms with Crippen molar-refractivity contribution in [1.82, 2.24) is 5.16 Å². The molecule has 0 fully saturated rings. The van der Waals surface area contributed by atoms with Crippen LogP contribution in [-0.4, -0.2) is 5.16 Å². The molecular formula is C11H8FNO. The zero-order chi connectivity index (χ0) is 9.97. The maximum absolute atomic E-state index is 13.3. The lowest BCUT2D eigenvalue weighted by atomic mass is 10.1. The van der Waals surface area contributed by atoms with Crippen LogP contribution in [0.1, 0.15) is 5.76 Å². The van der Waals surface area contributed by atoms with Crippen LogP contribution >= 0.6 is 0 Å². The smallest absolute Gasteiger partial charge is 0.159 e. The Labute approximate surface area is 80.7 Å². The summed E-state index contributed by atoms with van der Waals surface area (Å²) in [5.74, 6) is 0.222. The fourth-order valence-electron chi connectivity index (χ4n) is 1.18. The van der Waals surface area contributed by atoms with E-state index in [-0.39, 0.29) is 5.82 Å². The molecule has 2 rings (SSSR count). The molecule has 0 saturated heterocycles. The summed E-state index contributed by atoms with van der Waals surface area (Å²) in [6.45, 7) is 3.53. The summed E-state index contributed by atoms with van der Waals surface area (Å²) in [5.41, 5.74) is 0.919. The first kappa shape index (κ1) is 8.69. The molecule has 1 aromatic carbocycles. The first-order valence-electron chi connectivity index (χ1n) is 4.15. The lowest BCUT2D eigenvalue weighted by Crippen LogP contribution is -1.82. The average molecular weight is 189 g/mol. The van der Waals surface area contributed by atoms with Crippen molar-refractivity contribution < 1.29 is 8.91 Å². The highest BCUT2D eigenvalue weighted by Gasteiger charge is 2.08. The number of rotatable bonds is 2. The number of benzene rings is 1. The van der Waals surface area contributed by atoms with E-state index in [1.165, 1.54) is 12.1 Å². The summed E-state index contributed by atoms with van der Waals surface area (Å²) in [6, 6.07) is 8.07. The zero-order valence-electron chi connectivity index (χ0n) is 7.40. The highest BCUT2D eigenvalue weighted by atomic mass is 19.1. The Morgan fingerprint density at radius 3 is 2.79 bits per heavy atom. The first-order chi connectivity index (χ1) is 6.81. The van der Waals surface area contributed by atoms with Crippen molar-refractivity contribution in [3.05, 3.63) is 48.5 Å². The zero-order valence-corrected chi connectivity index (χ0v) is 7.40. The predicted molar refractivity (Wildman–Crippen MR) is 52.0 cm³/mol. The van der Waals surface area contributed by atoms with E-state index in [9.17, 15) is 4.39 Å². The minimum atomic E-state index is -0.309. The SMILES string of the molecule is C=Cc1cc(-c2ccccc2F)no1. The van der Waals surface area contributed by atoms with Crippen LogP contribution in [0.15, 0.2) is 41.4 Å². The lowest BCUT2D eigenvalue weighted by Gasteiger charge is -1.95. The molecular weight excluding hydrogens is 181 g/mol. The molecule has 70 valence electrons. The van der Waals surface area contributed by atoms with Gasteiger partial charge in [0.15, 0.2) is 5.76 Å². The molecule has 0 aliphatic heterocycles. The standard InChI is InChI=1S/C11H8FNO/c1-2-8-7-11(13-14-8)9-5-3-4-6-10(9)12/h2-7H,1H2. The summed E-state index contributed by atoms with van der Waals surface area (Å²) < 4.78 is 18.2. The molecule has 0 atom stereocenters.